The van der Waals surface area contributed by atoms with Crippen molar-refractivity contribution < 1.29 is 9.47 Å². The zero-order chi connectivity index (χ0) is 19.2. The molecule has 0 aliphatic carbocycles. The summed E-state index contributed by atoms with van der Waals surface area (Å²) in [7, 11) is 0. The van der Waals surface area contributed by atoms with Crippen molar-refractivity contribution in [2.45, 2.75) is 58.8 Å². The molecule has 4 rings (SSSR count). The molecule has 0 spiro atoms. The van der Waals surface area contributed by atoms with E-state index in [-0.39, 0.29) is 11.1 Å². The maximum absolute atomic E-state index is 6.11. The number of ether oxygens (including phenoxy) is 2. The second-order valence-electron chi connectivity index (χ2n) is 8.48. The maximum atomic E-state index is 6.11. The van der Waals surface area contributed by atoms with Gasteiger partial charge in [0, 0.05) is 17.6 Å². The normalized spacial score (nSPS) is 23.5. The molecule has 2 aliphatic heterocycles. The Kier molecular flexibility index (Phi) is 4.40. The largest absolute Gasteiger partial charge is 0.439 e. The Hall–Kier alpha value is -2.11. The monoisotopic (exact) mass is 367 g/mol. The van der Waals surface area contributed by atoms with E-state index in [1.807, 2.05) is 12.3 Å². The van der Waals surface area contributed by atoms with E-state index >= 15 is 0 Å². The van der Waals surface area contributed by atoms with Crippen LogP contribution in [-0.2, 0) is 16.9 Å². The van der Waals surface area contributed by atoms with Crippen LogP contribution in [0.4, 0.5) is 5.69 Å². The number of benzene rings is 1. The van der Waals surface area contributed by atoms with Crippen LogP contribution in [0.2, 0.25) is 0 Å². The summed E-state index contributed by atoms with van der Waals surface area (Å²) in [6.45, 7) is 13.2. The Bertz CT molecular complexity index is 865. The molecule has 1 aromatic heterocycles. The highest BCUT2D eigenvalue weighted by molar-refractivity contribution is 5.51. The lowest BCUT2D eigenvalue weighted by atomic mass is 9.96. The maximum Gasteiger partial charge on any atom is 0.222 e. The second-order valence-corrected chi connectivity index (χ2v) is 8.48. The third kappa shape index (κ3) is 3.42. The number of aromatic nitrogens is 1. The van der Waals surface area contributed by atoms with Crippen molar-refractivity contribution in [2.24, 2.45) is 0 Å². The third-order valence-corrected chi connectivity index (χ3v) is 5.93. The number of hydrogen-bond donors (Lipinski definition) is 1. The van der Waals surface area contributed by atoms with Gasteiger partial charge in [0.05, 0.1) is 30.8 Å². The van der Waals surface area contributed by atoms with E-state index in [9.17, 15) is 0 Å². The van der Waals surface area contributed by atoms with Gasteiger partial charge in [-0.2, -0.15) is 0 Å². The van der Waals surface area contributed by atoms with E-state index in [0.717, 1.165) is 36.6 Å². The van der Waals surface area contributed by atoms with Crippen LogP contribution in [-0.4, -0.2) is 23.7 Å². The highest BCUT2D eigenvalue weighted by Gasteiger charge is 2.32. The van der Waals surface area contributed by atoms with Crippen molar-refractivity contribution in [1.29, 1.82) is 0 Å². The minimum atomic E-state index is -0.268. The quantitative estimate of drug-likeness (QED) is 0.863. The number of pyridine rings is 1. The molecule has 5 nitrogen and oxygen atoms in total. The van der Waals surface area contributed by atoms with Gasteiger partial charge in [0.2, 0.25) is 5.88 Å². The first-order chi connectivity index (χ1) is 12.8. The molecule has 0 unspecified atom stereocenters. The minimum Gasteiger partial charge on any atom is -0.439 e. The Morgan fingerprint density at radius 3 is 2.78 bits per heavy atom. The van der Waals surface area contributed by atoms with Gasteiger partial charge in [-0.25, -0.2) is 4.98 Å². The highest BCUT2D eigenvalue weighted by Crippen LogP contribution is 2.38. The molecule has 2 aliphatic rings. The van der Waals surface area contributed by atoms with Gasteiger partial charge in [-0.3, -0.25) is 5.32 Å². The van der Waals surface area contributed by atoms with Gasteiger partial charge in [0.15, 0.2) is 0 Å². The lowest BCUT2D eigenvalue weighted by Crippen LogP contribution is -2.38. The number of aryl methyl sites for hydroxylation is 1. The number of hydrogen-bond acceptors (Lipinski definition) is 5. The molecule has 1 atom stereocenters. The molecule has 2 aromatic rings. The molecule has 0 radical (unpaired) electrons. The summed E-state index contributed by atoms with van der Waals surface area (Å²) >= 11 is 0. The number of anilines is 1. The zero-order valence-corrected chi connectivity index (χ0v) is 16.9. The summed E-state index contributed by atoms with van der Waals surface area (Å²) in [5.41, 5.74) is 4.49. The summed E-state index contributed by atoms with van der Waals surface area (Å²) in [4.78, 5) is 6.93. The van der Waals surface area contributed by atoms with Crippen LogP contribution in [0.25, 0.3) is 0 Å². The van der Waals surface area contributed by atoms with Crippen LogP contribution in [0.3, 0.4) is 0 Å². The molecule has 3 heterocycles. The summed E-state index contributed by atoms with van der Waals surface area (Å²) in [6, 6.07) is 8.32. The van der Waals surface area contributed by atoms with E-state index < -0.39 is 0 Å². The summed E-state index contributed by atoms with van der Waals surface area (Å²) < 4.78 is 12.0. The minimum absolute atomic E-state index is 0.169. The average Bonchev–Trinajstić information content (AvgIpc) is 3.18. The fourth-order valence-corrected chi connectivity index (χ4v) is 3.82. The SMILES string of the molecule is CC[C@]1(C)CN(c2cnc(Oc3ccc4c(c3)C(C)(C)OC4)c(C)c2)CN1. The van der Waals surface area contributed by atoms with Crippen LogP contribution >= 0.6 is 0 Å². The van der Waals surface area contributed by atoms with Crippen LogP contribution in [0, 0.1) is 6.92 Å². The first-order valence-electron chi connectivity index (χ1n) is 9.71. The van der Waals surface area contributed by atoms with Gasteiger partial charge >= 0.3 is 0 Å². The van der Waals surface area contributed by atoms with Crippen LogP contribution in [0.1, 0.15) is 50.8 Å². The van der Waals surface area contributed by atoms with Crippen molar-refractivity contribution in [3.05, 3.63) is 47.2 Å². The van der Waals surface area contributed by atoms with Gasteiger partial charge in [-0.1, -0.05) is 13.0 Å². The van der Waals surface area contributed by atoms with E-state index in [4.69, 9.17) is 9.47 Å². The molecule has 1 saturated heterocycles. The van der Waals surface area contributed by atoms with Crippen molar-refractivity contribution in [2.75, 3.05) is 18.1 Å². The van der Waals surface area contributed by atoms with Gasteiger partial charge < -0.3 is 14.4 Å². The number of rotatable bonds is 4. The molecule has 1 fully saturated rings. The predicted octanol–water partition coefficient (Wildman–Crippen LogP) is 4.48. The summed E-state index contributed by atoms with van der Waals surface area (Å²) in [5, 5.41) is 3.59. The average molecular weight is 367 g/mol. The Balaban J connectivity index is 1.53. The number of nitrogens with zero attached hydrogens (tertiary/aromatic N) is 2. The Morgan fingerprint density at radius 1 is 1.26 bits per heavy atom. The van der Waals surface area contributed by atoms with Crippen LogP contribution in [0.15, 0.2) is 30.5 Å². The Labute approximate surface area is 161 Å². The van der Waals surface area contributed by atoms with Crippen molar-refractivity contribution in [3.63, 3.8) is 0 Å². The standard InChI is InChI=1S/C22H29N3O2/c1-6-22(5)13-25(14-24-22)17-9-15(2)20(23-11-17)27-18-8-7-16-12-26-21(3,4)19(16)10-18/h7-11,24H,6,12-14H2,1-5H3/t22-/m1/s1. The third-order valence-electron chi connectivity index (χ3n) is 5.93. The smallest absolute Gasteiger partial charge is 0.222 e. The first-order valence-corrected chi connectivity index (χ1v) is 9.71. The van der Waals surface area contributed by atoms with Crippen LogP contribution < -0.4 is 15.0 Å². The number of fused-ring (bicyclic) bond motifs is 1. The fourth-order valence-electron chi connectivity index (χ4n) is 3.82. The molecule has 0 saturated carbocycles. The van der Waals surface area contributed by atoms with Gasteiger partial charge in [0.25, 0.3) is 0 Å². The predicted molar refractivity (Wildman–Crippen MR) is 107 cm³/mol. The molecule has 1 N–H and O–H groups in total. The zero-order valence-electron chi connectivity index (χ0n) is 16.9. The second kappa shape index (κ2) is 6.50. The van der Waals surface area contributed by atoms with Crippen molar-refractivity contribution in [3.8, 4) is 11.6 Å². The highest BCUT2D eigenvalue weighted by atomic mass is 16.5. The van der Waals surface area contributed by atoms with Gasteiger partial charge in [-0.05, 0) is 63.4 Å². The molecule has 144 valence electrons. The first kappa shape index (κ1) is 18.3. The number of nitrogens with one attached hydrogen (secondary N) is 1. The summed E-state index contributed by atoms with van der Waals surface area (Å²) in [5.74, 6) is 1.46. The summed E-state index contributed by atoms with van der Waals surface area (Å²) in [6.07, 6.45) is 3.02. The van der Waals surface area contributed by atoms with Crippen molar-refractivity contribution >= 4 is 5.69 Å². The van der Waals surface area contributed by atoms with Gasteiger partial charge in [0.1, 0.15) is 5.75 Å². The molecule has 0 amide bonds. The van der Waals surface area contributed by atoms with E-state index in [1.54, 1.807) is 0 Å². The fraction of sp³-hybridized carbons (Fsp3) is 0.500. The molecular formula is C22H29N3O2. The molecular weight excluding hydrogens is 338 g/mol. The van der Waals surface area contributed by atoms with Crippen molar-refractivity contribution in [1.82, 2.24) is 10.3 Å². The topological polar surface area (TPSA) is 46.6 Å². The van der Waals surface area contributed by atoms with Crippen LogP contribution in [0.5, 0.6) is 11.6 Å². The Morgan fingerprint density at radius 2 is 2.07 bits per heavy atom. The molecule has 5 heteroatoms. The van der Waals surface area contributed by atoms with E-state index in [0.29, 0.717) is 12.5 Å². The molecule has 1 aromatic carbocycles. The van der Waals surface area contributed by atoms with E-state index in [2.05, 4.69) is 68.0 Å². The van der Waals surface area contributed by atoms with Gasteiger partial charge in [-0.15, -0.1) is 0 Å². The van der Waals surface area contributed by atoms with E-state index in [1.165, 1.54) is 11.1 Å². The lowest BCUT2D eigenvalue weighted by Gasteiger charge is -2.23. The lowest BCUT2D eigenvalue weighted by molar-refractivity contribution is -0.00794. The molecule has 27 heavy (non-hydrogen) atoms. The molecule has 0 bridgehead atoms.